The maximum absolute atomic E-state index is 6.25. The summed E-state index contributed by atoms with van der Waals surface area (Å²) in [6.45, 7) is 0. The molecule has 0 saturated heterocycles. The van der Waals surface area contributed by atoms with Crippen LogP contribution in [0.5, 0.6) is 0 Å². The first-order valence-corrected chi connectivity index (χ1v) is 20.7. The van der Waals surface area contributed by atoms with Crippen molar-refractivity contribution in [2.45, 2.75) is 0 Å². The van der Waals surface area contributed by atoms with Crippen LogP contribution in [0.4, 0.5) is 17.1 Å². The van der Waals surface area contributed by atoms with E-state index in [0.29, 0.717) is 0 Å². The van der Waals surface area contributed by atoms with Crippen molar-refractivity contribution in [1.29, 1.82) is 0 Å². The van der Waals surface area contributed by atoms with E-state index in [2.05, 4.69) is 205 Å². The predicted molar refractivity (Wildman–Crippen MR) is 255 cm³/mol. The maximum atomic E-state index is 6.25. The molecule has 3 heteroatoms. The summed E-state index contributed by atoms with van der Waals surface area (Å²) in [6, 6.07) is 80.1. The van der Waals surface area contributed by atoms with E-state index in [0.717, 1.165) is 83.2 Å². The Kier molecular flexibility index (Phi) is 8.17. The first-order chi connectivity index (χ1) is 30.2. The zero-order chi connectivity index (χ0) is 40.3. The van der Waals surface area contributed by atoms with E-state index in [1.807, 2.05) is 24.3 Å². The standard InChI is InChI=1S/C58H37NO2/c1-2-9-43-34-45(21-20-38(43)8-1)41-18-16-39(17-19-41)40-22-28-48(29-23-40)59(49-30-24-42(25-31-49)47-26-32-53-51-12-3-5-14-55(51)61-58(53)37-47)50-11-7-10-44(35-50)46-27-33-57-54(36-46)52-13-4-6-15-56(52)60-57/h1-37H. The molecule has 0 saturated carbocycles. The zero-order valence-electron chi connectivity index (χ0n) is 33.1. The van der Waals surface area contributed by atoms with Crippen LogP contribution in [0, 0.1) is 0 Å². The highest BCUT2D eigenvalue weighted by molar-refractivity contribution is 6.07. The molecule has 0 aliphatic carbocycles. The maximum Gasteiger partial charge on any atom is 0.136 e. The lowest BCUT2D eigenvalue weighted by Crippen LogP contribution is -2.10. The number of benzene rings is 10. The third-order valence-electron chi connectivity index (χ3n) is 12.1. The van der Waals surface area contributed by atoms with Gasteiger partial charge >= 0.3 is 0 Å². The van der Waals surface area contributed by atoms with Crippen LogP contribution in [-0.4, -0.2) is 0 Å². The van der Waals surface area contributed by atoms with E-state index in [-0.39, 0.29) is 0 Å². The van der Waals surface area contributed by atoms with Gasteiger partial charge in [-0.15, -0.1) is 0 Å². The second-order valence-electron chi connectivity index (χ2n) is 15.7. The first-order valence-electron chi connectivity index (χ1n) is 20.7. The Morgan fingerprint density at radius 1 is 0.230 bits per heavy atom. The topological polar surface area (TPSA) is 29.5 Å². The molecule has 3 nitrogen and oxygen atoms in total. The molecule has 10 aromatic carbocycles. The number of hydrogen-bond acceptors (Lipinski definition) is 3. The minimum atomic E-state index is 0.894. The number of furan rings is 2. The molecule has 0 unspecified atom stereocenters. The molecule has 61 heavy (non-hydrogen) atoms. The summed E-state index contributed by atoms with van der Waals surface area (Å²) in [6.07, 6.45) is 0. The Morgan fingerprint density at radius 2 is 0.689 bits per heavy atom. The number of fused-ring (bicyclic) bond motifs is 7. The van der Waals surface area contributed by atoms with Gasteiger partial charge in [0.15, 0.2) is 0 Å². The van der Waals surface area contributed by atoms with Crippen molar-refractivity contribution in [3.63, 3.8) is 0 Å². The molecule has 12 rings (SSSR count). The van der Waals surface area contributed by atoms with Gasteiger partial charge in [-0.05, 0) is 134 Å². The Bertz CT molecular complexity index is 3580. The molecule has 0 spiro atoms. The van der Waals surface area contributed by atoms with Gasteiger partial charge in [0.25, 0.3) is 0 Å². The highest BCUT2D eigenvalue weighted by atomic mass is 16.3. The van der Waals surface area contributed by atoms with Crippen molar-refractivity contribution in [2.24, 2.45) is 0 Å². The number of hydrogen-bond donors (Lipinski definition) is 0. The minimum absolute atomic E-state index is 0.894. The molecule has 0 aliphatic heterocycles. The van der Waals surface area contributed by atoms with Crippen LogP contribution in [0.15, 0.2) is 233 Å². The van der Waals surface area contributed by atoms with E-state index in [4.69, 9.17) is 8.83 Å². The van der Waals surface area contributed by atoms with Gasteiger partial charge in [0.05, 0.1) is 0 Å². The van der Waals surface area contributed by atoms with Gasteiger partial charge in [0, 0.05) is 38.6 Å². The number of nitrogens with zero attached hydrogens (tertiary/aromatic N) is 1. The van der Waals surface area contributed by atoms with Crippen molar-refractivity contribution in [3.8, 4) is 44.5 Å². The number of rotatable bonds is 7. The van der Waals surface area contributed by atoms with Crippen LogP contribution >= 0.6 is 0 Å². The summed E-state index contributed by atoms with van der Waals surface area (Å²) < 4.78 is 12.4. The highest BCUT2D eigenvalue weighted by Gasteiger charge is 2.16. The molecule has 286 valence electrons. The van der Waals surface area contributed by atoms with Crippen molar-refractivity contribution in [3.05, 3.63) is 224 Å². The van der Waals surface area contributed by atoms with Crippen LogP contribution in [0.25, 0.3) is 99.2 Å². The van der Waals surface area contributed by atoms with Gasteiger partial charge in [0.1, 0.15) is 22.3 Å². The van der Waals surface area contributed by atoms with Crippen molar-refractivity contribution < 1.29 is 8.83 Å². The van der Waals surface area contributed by atoms with Crippen molar-refractivity contribution in [1.82, 2.24) is 0 Å². The molecular weight excluding hydrogens is 743 g/mol. The molecular formula is C58H37NO2. The van der Waals surface area contributed by atoms with Gasteiger partial charge in [-0.25, -0.2) is 0 Å². The predicted octanol–water partition coefficient (Wildman–Crippen LogP) is 16.8. The highest BCUT2D eigenvalue weighted by Crippen LogP contribution is 2.40. The summed E-state index contributed by atoms with van der Waals surface area (Å²) in [7, 11) is 0. The fourth-order valence-corrected chi connectivity index (χ4v) is 8.91. The Labute approximate surface area is 353 Å². The van der Waals surface area contributed by atoms with Crippen LogP contribution in [-0.2, 0) is 0 Å². The molecule has 0 atom stereocenters. The SMILES string of the molecule is c1cc(-c2ccc3oc4ccccc4c3c2)cc(N(c2ccc(-c3ccc(-c4ccc5ccccc5c4)cc3)cc2)c2ccc(-c3ccc4c(c3)oc3ccccc34)cc2)c1. The quantitative estimate of drug-likeness (QED) is 0.161. The van der Waals surface area contributed by atoms with Crippen molar-refractivity contribution in [2.75, 3.05) is 4.90 Å². The van der Waals surface area contributed by atoms with Crippen LogP contribution in [0.1, 0.15) is 0 Å². The van der Waals surface area contributed by atoms with E-state index >= 15 is 0 Å². The van der Waals surface area contributed by atoms with Crippen LogP contribution in [0.2, 0.25) is 0 Å². The molecule has 0 bridgehead atoms. The average molecular weight is 780 g/mol. The third-order valence-corrected chi connectivity index (χ3v) is 12.1. The molecule has 0 fully saturated rings. The van der Waals surface area contributed by atoms with E-state index in [1.54, 1.807) is 0 Å². The van der Waals surface area contributed by atoms with Gasteiger partial charge in [-0.2, -0.15) is 0 Å². The Morgan fingerprint density at radius 3 is 1.39 bits per heavy atom. The Balaban J connectivity index is 0.905. The second kappa shape index (κ2) is 14.3. The smallest absolute Gasteiger partial charge is 0.136 e. The van der Waals surface area contributed by atoms with Crippen LogP contribution < -0.4 is 4.90 Å². The zero-order valence-corrected chi connectivity index (χ0v) is 33.1. The van der Waals surface area contributed by atoms with E-state index < -0.39 is 0 Å². The fraction of sp³-hybridized carbons (Fsp3) is 0. The summed E-state index contributed by atoms with van der Waals surface area (Å²) in [5.41, 5.74) is 16.1. The molecule has 2 heterocycles. The molecule has 0 amide bonds. The fourth-order valence-electron chi connectivity index (χ4n) is 8.91. The van der Waals surface area contributed by atoms with Gasteiger partial charge in [0.2, 0.25) is 0 Å². The van der Waals surface area contributed by atoms with Crippen molar-refractivity contribution >= 4 is 71.7 Å². The normalized spacial score (nSPS) is 11.6. The van der Waals surface area contributed by atoms with Gasteiger partial charge in [-0.1, -0.05) is 146 Å². The number of anilines is 3. The summed E-state index contributed by atoms with van der Waals surface area (Å²) in [4.78, 5) is 2.34. The number of para-hydroxylation sites is 2. The van der Waals surface area contributed by atoms with Gasteiger partial charge < -0.3 is 13.7 Å². The van der Waals surface area contributed by atoms with Crippen LogP contribution in [0.3, 0.4) is 0 Å². The van der Waals surface area contributed by atoms with E-state index in [9.17, 15) is 0 Å². The van der Waals surface area contributed by atoms with Gasteiger partial charge in [-0.3, -0.25) is 0 Å². The molecule has 0 aliphatic rings. The Hall–Kier alpha value is -8.14. The lowest BCUT2D eigenvalue weighted by atomic mass is 9.98. The molecule has 12 aromatic rings. The summed E-state index contributed by atoms with van der Waals surface area (Å²) >= 11 is 0. The third kappa shape index (κ3) is 6.23. The molecule has 0 radical (unpaired) electrons. The van der Waals surface area contributed by atoms with E-state index in [1.165, 1.54) is 33.0 Å². The minimum Gasteiger partial charge on any atom is -0.456 e. The first kappa shape index (κ1) is 34.9. The summed E-state index contributed by atoms with van der Waals surface area (Å²) in [5.74, 6) is 0. The molecule has 2 aromatic heterocycles. The average Bonchev–Trinajstić information content (AvgIpc) is 3.90. The largest absolute Gasteiger partial charge is 0.456 e. The molecule has 0 N–H and O–H groups in total. The summed E-state index contributed by atoms with van der Waals surface area (Å²) in [5, 5.41) is 7.02. The lowest BCUT2D eigenvalue weighted by Gasteiger charge is -2.26. The second-order valence-corrected chi connectivity index (χ2v) is 15.7. The monoisotopic (exact) mass is 779 g/mol. The lowest BCUT2D eigenvalue weighted by molar-refractivity contribution is 0.668.